The third kappa shape index (κ3) is 7.03. The number of fused-ring (bicyclic) bond motifs is 14. The molecule has 6 N–H and O–H groups in total. The van der Waals surface area contributed by atoms with Crippen LogP contribution in [0.25, 0.3) is 10.8 Å². The fourth-order valence-corrected chi connectivity index (χ4v) is 6.65. The maximum Gasteiger partial charge on any atom is 0.312 e. The number of rotatable bonds is 2. The highest BCUT2D eigenvalue weighted by molar-refractivity contribution is 6.21. The first-order chi connectivity index (χ1) is 23.4. The molecular weight excluding hydrogens is 650 g/mol. The van der Waals surface area contributed by atoms with Gasteiger partial charge in [-0.3, -0.25) is 14.4 Å². The van der Waals surface area contributed by atoms with Crippen LogP contribution in [0.4, 0.5) is 5.69 Å². The molecule has 0 radical (unpaired) electrons. The van der Waals surface area contributed by atoms with Gasteiger partial charge in [0.1, 0.15) is 23.4 Å². The molecule has 2 aromatic rings. The van der Waals surface area contributed by atoms with Gasteiger partial charge >= 0.3 is 11.8 Å². The van der Waals surface area contributed by atoms with Gasteiger partial charge in [0.25, 0.3) is 11.7 Å². The highest BCUT2D eigenvalue weighted by Crippen LogP contribution is 2.53. The molecule has 0 saturated carbocycles. The Morgan fingerprint density at radius 3 is 2.22 bits per heavy atom. The SMILES string of the molecule is CO[C@@H]1C=CO[C@]2(C)Oc3c(C)c(O)c4c(O)c(cc(O)c4c3C2=O)NC(=O)C(C)=CC=C[C@H](C)[C@H](O)[C@H](C)[C@H](O)[C@H](C)[C@H](OC(C)=O)[C@@H]1C. The molecular formula is C37H47NO12. The fraction of sp³-hybridized carbons (Fsp3) is 0.486. The number of ether oxygens (including phenoxy) is 4. The van der Waals surface area contributed by atoms with E-state index in [9.17, 15) is 39.9 Å². The van der Waals surface area contributed by atoms with Gasteiger partial charge in [0.2, 0.25) is 0 Å². The molecule has 0 spiro atoms. The molecule has 0 aliphatic carbocycles. The van der Waals surface area contributed by atoms with E-state index in [2.05, 4.69) is 5.32 Å². The van der Waals surface area contributed by atoms with Crippen LogP contribution in [0, 0.1) is 30.6 Å². The fourth-order valence-electron chi connectivity index (χ4n) is 6.65. The van der Waals surface area contributed by atoms with E-state index in [1.54, 1.807) is 39.8 Å². The van der Waals surface area contributed by atoms with Crippen molar-refractivity contribution in [1.29, 1.82) is 0 Å². The van der Waals surface area contributed by atoms with Crippen molar-refractivity contribution in [1.82, 2.24) is 0 Å². The molecule has 13 heteroatoms. The zero-order valence-electron chi connectivity index (χ0n) is 29.7. The van der Waals surface area contributed by atoms with Crippen molar-refractivity contribution in [2.45, 2.75) is 85.6 Å². The molecule has 50 heavy (non-hydrogen) atoms. The Bertz CT molecular complexity index is 1760. The van der Waals surface area contributed by atoms with Crippen molar-refractivity contribution in [2.24, 2.45) is 23.7 Å². The molecule has 0 saturated heterocycles. The van der Waals surface area contributed by atoms with Gasteiger partial charge in [-0.2, -0.15) is 0 Å². The van der Waals surface area contributed by atoms with Crippen LogP contribution in [-0.4, -0.2) is 80.5 Å². The number of hydrogen-bond acceptors (Lipinski definition) is 12. The highest BCUT2D eigenvalue weighted by atomic mass is 16.7. The Kier molecular flexibility index (Phi) is 11.2. The second kappa shape index (κ2) is 14.7. The Morgan fingerprint density at radius 1 is 0.940 bits per heavy atom. The summed E-state index contributed by atoms with van der Waals surface area (Å²) in [5.41, 5.74) is -0.0929. The average Bonchev–Trinajstić information content (AvgIpc) is 3.33. The normalized spacial score (nSPS) is 30.9. The lowest BCUT2D eigenvalue weighted by Crippen LogP contribution is -2.46. The quantitative estimate of drug-likeness (QED) is 0.143. The number of aromatic hydroxyl groups is 3. The number of phenols is 3. The predicted molar refractivity (Wildman–Crippen MR) is 184 cm³/mol. The number of benzene rings is 2. The lowest BCUT2D eigenvalue weighted by Gasteiger charge is -2.38. The van der Waals surface area contributed by atoms with E-state index in [0.717, 1.165) is 6.07 Å². The molecule has 272 valence electrons. The number of anilines is 1. The molecule has 3 aliphatic rings. The number of hydrogen-bond donors (Lipinski definition) is 6. The number of carbonyl (C=O) groups is 3. The number of methoxy groups -OCH3 is 1. The predicted octanol–water partition coefficient (Wildman–Crippen LogP) is 4.75. The van der Waals surface area contributed by atoms with E-state index in [-0.39, 0.29) is 38.9 Å². The number of nitrogens with one attached hydrogen (secondary N) is 1. The molecule has 2 aromatic carbocycles. The zero-order chi connectivity index (χ0) is 37.4. The van der Waals surface area contributed by atoms with E-state index in [4.69, 9.17) is 18.9 Å². The minimum Gasteiger partial charge on any atom is -0.507 e. The summed E-state index contributed by atoms with van der Waals surface area (Å²) in [5.74, 6) is -7.99. The molecule has 3 heterocycles. The second-order valence-electron chi connectivity index (χ2n) is 13.4. The van der Waals surface area contributed by atoms with Gasteiger partial charge in [-0.05, 0) is 19.9 Å². The monoisotopic (exact) mass is 697 g/mol. The Hall–Kier alpha value is -4.59. The van der Waals surface area contributed by atoms with Crippen LogP contribution >= 0.6 is 0 Å². The summed E-state index contributed by atoms with van der Waals surface area (Å²) in [4.78, 5) is 39.2. The van der Waals surface area contributed by atoms with Crippen molar-refractivity contribution < 1.29 is 58.9 Å². The molecule has 3 aliphatic heterocycles. The largest absolute Gasteiger partial charge is 0.507 e. The Labute approximate surface area is 290 Å². The molecule has 0 unspecified atom stereocenters. The number of aliphatic hydroxyl groups is 2. The Morgan fingerprint density at radius 2 is 1.60 bits per heavy atom. The topological polar surface area (TPSA) is 201 Å². The maximum atomic E-state index is 13.9. The molecule has 9 atom stereocenters. The number of esters is 1. The first-order valence-electron chi connectivity index (χ1n) is 16.4. The van der Waals surface area contributed by atoms with Crippen molar-refractivity contribution in [2.75, 3.05) is 12.4 Å². The summed E-state index contributed by atoms with van der Waals surface area (Å²) in [6, 6.07) is 1.06. The number of carbonyl (C=O) groups excluding carboxylic acids is 3. The van der Waals surface area contributed by atoms with E-state index in [1.165, 1.54) is 53.2 Å². The van der Waals surface area contributed by atoms with Crippen molar-refractivity contribution in [3.8, 4) is 23.0 Å². The number of allylic oxidation sites excluding steroid dienone is 2. The molecule has 5 bridgehead atoms. The second-order valence-corrected chi connectivity index (χ2v) is 13.4. The summed E-state index contributed by atoms with van der Waals surface area (Å²) in [6.07, 6.45) is 3.62. The smallest absolute Gasteiger partial charge is 0.312 e. The lowest BCUT2D eigenvalue weighted by molar-refractivity contribution is -0.160. The van der Waals surface area contributed by atoms with Crippen molar-refractivity contribution in [3.05, 3.63) is 53.3 Å². The highest BCUT2D eigenvalue weighted by Gasteiger charge is 2.49. The summed E-state index contributed by atoms with van der Waals surface area (Å²) in [6.45, 7) is 12.5. The van der Waals surface area contributed by atoms with Crippen LogP contribution in [-0.2, 0) is 23.8 Å². The first-order valence-corrected chi connectivity index (χ1v) is 16.4. The molecule has 0 aromatic heterocycles. The van der Waals surface area contributed by atoms with Gasteiger partial charge in [-0.25, -0.2) is 0 Å². The van der Waals surface area contributed by atoms with Gasteiger partial charge in [0.15, 0.2) is 5.75 Å². The Balaban J connectivity index is 1.87. The molecule has 13 nitrogen and oxygen atoms in total. The van der Waals surface area contributed by atoms with Gasteiger partial charge in [0.05, 0.1) is 41.2 Å². The third-order valence-electron chi connectivity index (χ3n) is 9.84. The van der Waals surface area contributed by atoms with Crippen molar-refractivity contribution >= 4 is 34.1 Å². The summed E-state index contributed by atoms with van der Waals surface area (Å²) in [5, 5.41) is 58.2. The van der Waals surface area contributed by atoms with Crippen LogP contribution in [0.15, 0.2) is 42.2 Å². The average molecular weight is 698 g/mol. The van der Waals surface area contributed by atoms with Gasteiger partial charge < -0.3 is 49.8 Å². The molecule has 0 fully saturated rings. The third-order valence-corrected chi connectivity index (χ3v) is 9.84. The van der Waals surface area contributed by atoms with E-state index >= 15 is 0 Å². The van der Waals surface area contributed by atoms with Crippen LogP contribution in [0.2, 0.25) is 0 Å². The standard InChI is InChI=1S/C37H47NO12/c1-16-11-10-12-17(2)36(46)38-23-15-24(40)26-27(32(23)44)31(43)21(6)34-28(26)35(45)37(8,50-34)48-14-13-25(47-9)18(3)33(49-22(7)39)20(5)30(42)19(4)29(16)41/h10-16,18-20,25,29-30,33,40-44H,1-9H3,(H,38,46)/t16-,18+,19-,20-,25+,29-,30-,33+,37+/m0/s1. The summed E-state index contributed by atoms with van der Waals surface area (Å²) >= 11 is 0. The van der Waals surface area contributed by atoms with E-state index < -0.39 is 88.8 Å². The number of amides is 1. The molecule has 1 amide bonds. The van der Waals surface area contributed by atoms with Crippen LogP contribution in [0.5, 0.6) is 23.0 Å². The molecule has 5 rings (SSSR count). The van der Waals surface area contributed by atoms with Crippen LogP contribution < -0.4 is 10.1 Å². The number of phenolic OH excluding ortho intramolecular Hbond substituents is 3. The van der Waals surface area contributed by atoms with Crippen LogP contribution in [0.1, 0.15) is 64.4 Å². The summed E-state index contributed by atoms with van der Waals surface area (Å²) in [7, 11) is 1.43. The lowest BCUT2D eigenvalue weighted by atomic mass is 9.78. The van der Waals surface area contributed by atoms with E-state index in [1.807, 2.05) is 0 Å². The number of ketones is 1. The summed E-state index contributed by atoms with van der Waals surface area (Å²) < 4.78 is 23.2. The maximum absolute atomic E-state index is 13.9. The van der Waals surface area contributed by atoms with Gasteiger partial charge in [-0.15, -0.1) is 0 Å². The van der Waals surface area contributed by atoms with Crippen LogP contribution in [0.3, 0.4) is 0 Å². The van der Waals surface area contributed by atoms with Gasteiger partial charge in [-0.1, -0.05) is 45.9 Å². The van der Waals surface area contributed by atoms with Crippen molar-refractivity contribution in [3.63, 3.8) is 0 Å². The zero-order valence-corrected chi connectivity index (χ0v) is 29.7. The number of Topliss-reactive ketones (excluding diaryl/α,β-unsaturated/α-hetero) is 1. The first kappa shape index (κ1) is 38.2. The van der Waals surface area contributed by atoms with E-state index in [0.29, 0.717) is 0 Å². The minimum atomic E-state index is -1.98. The van der Waals surface area contributed by atoms with Gasteiger partial charge in [0, 0.05) is 67.2 Å². The number of aliphatic hydroxyl groups excluding tert-OH is 2. The minimum absolute atomic E-state index is 0.0709.